The average molecular weight is 301 g/mol. The molecule has 0 aliphatic carbocycles. The Labute approximate surface area is 116 Å². The highest BCUT2D eigenvalue weighted by atomic mass is 32.2. The Bertz CT molecular complexity index is 610. The number of carboxylic acid groups (broad SMARTS) is 1. The van der Waals surface area contributed by atoms with Crippen LogP contribution in [-0.4, -0.2) is 25.5 Å². The summed E-state index contributed by atoms with van der Waals surface area (Å²) in [5.41, 5.74) is 0. The van der Waals surface area contributed by atoms with Crippen molar-refractivity contribution >= 4 is 27.3 Å². The van der Waals surface area contributed by atoms with Gasteiger partial charge in [-0.05, 0) is 19.4 Å². The smallest absolute Gasteiger partial charge is 0.345 e. The monoisotopic (exact) mass is 301 g/mol. The molecule has 2 N–H and O–H groups in total. The van der Waals surface area contributed by atoms with Crippen LogP contribution in [0.1, 0.15) is 34.3 Å². The first-order chi connectivity index (χ1) is 8.81. The van der Waals surface area contributed by atoms with E-state index in [1.165, 1.54) is 0 Å². The van der Waals surface area contributed by atoms with Crippen molar-refractivity contribution < 1.29 is 18.3 Å². The Morgan fingerprint density at radius 2 is 2.26 bits per heavy atom. The number of carboxylic acids is 1. The molecule has 0 amide bonds. The molecule has 1 aromatic heterocycles. The van der Waals surface area contributed by atoms with Crippen LogP contribution < -0.4 is 4.72 Å². The fourth-order valence-electron chi connectivity index (χ4n) is 1.55. The van der Waals surface area contributed by atoms with E-state index in [2.05, 4.69) is 10.6 Å². The average Bonchev–Trinajstić information content (AvgIpc) is 2.71. The van der Waals surface area contributed by atoms with Crippen LogP contribution in [0.5, 0.6) is 0 Å². The number of hydrogen-bond acceptors (Lipinski definition) is 4. The molecule has 0 bridgehead atoms. The van der Waals surface area contributed by atoms with Crippen LogP contribution in [0.25, 0.3) is 0 Å². The number of hydrogen-bond donors (Lipinski definition) is 2. The summed E-state index contributed by atoms with van der Waals surface area (Å²) in [6.07, 6.45) is 6.55. The van der Waals surface area contributed by atoms with Gasteiger partial charge in [0.05, 0.1) is 10.9 Å². The summed E-state index contributed by atoms with van der Waals surface area (Å²) in [5.74, 6) is 1.23. The van der Waals surface area contributed by atoms with E-state index in [4.69, 9.17) is 11.5 Å². The number of aromatic carboxylic acids is 1. The van der Waals surface area contributed by atoms with Crippen LogP contribution in [-0.2, 0) is 10.0 Å². The lowest BCUT2D eigenvalue weighted by Gasteiger charge is -2.12. The van der Waals surface area contributed by atoms with Crippen molar-refractivity contribution in [1.29, 1.82) is 0 Å². The highest BCUT2D eigenvalue weighted by Gasteiger charge is 2.24. The molecule has 19 heavy (non-hydrogen) atoms. The van der Waals surface area contributed by atoms with Crippen molar-refractivity contribution in [2.75, 3.05) is 0 Å². The first kappa shape index (κ1) is 15.7. The van der Waals surface area contributed by atoms with Crippen LogP contribution in [0.15, 0.2) is 11.0 Å². The lowest BCUT2D eigenvalue weighted by atomic mass is 10.2. The van der Waals surface area contributed by atoms with Crippen LogP contribution in [0, 0.1) is 19.3 Å². The van der Waals surface area contributed by atoms with E-state index >= 15 is 0 Å². The molecule has 0 radical (unpaired) electrons. The predicted octanol–water partition coefficient (Wildman–Crippen LogP) is 1.83. The number of aryl methyl sites for hydroxylation is 1. The van der Waals surface area contributed by atoms with Crippen LogP contribution in [0.2, 0.25) is 0 Å². The second-order valence-electron chi connectivity index (χ2n) is 3.97. The number of carbonyl (C=O) groups is 1. The van der Waals surface area contributed by atoms with Crippen molar-refractivity contribution in [1.82, 2.24) is 4.72 Å². The third kappa shape index (κ3) is 3.80. The summed E-state index contributed by atoms with van der Waals surface area (Å²) in [7, 11) is -3.78. The lowest BCUT2D eigenvalue weighted by molar-refractivity contribution is 0.0702. The molecule has 0 fully saturated rings. The summed E-state index contributed by atoms with van der Waals surface area (Å²) in [5, 5.41) is 8.86. The third-order valence-electron chi connectivity index (χ3n) is 2.45. The molecular formula is C12H15NO4S2. The van der Waals surface area contributed by atoms with E-state index in [0.717, 1.165) is 23.8 Å². The number of thiophene rings is 1. The fourth-order valence-corrected chi connectivity index (χ4v) is 4.17. The van der Waals surface area contributed by atoms with E-state index in [-0.39, 0.29) is 9.77 Å². The predicted molar refractivity (Wildman–Crippen MR) is 73.9 cm³/mol. The molecule has 1 atom stereocenters. The quantitative estimate of drug-likeness (QED) is 0.785. The summed E-state index contributed by atoms with van der Waals surface area (Å²) in [6, 6.07) is 0.576. The van der Waals surface area contributed by atoms with Gasteiger partial charge in [-0.2, -0.15) is 4.72 Å². The van der Waals surface area contributed by atoms with E-state index in [1.54, 1.807) is 6.92 Å². The molecular weight excluding hydrogens is 286 g/mol. The van der Waals surface area contributed by atoms with Gasteiger partial charge in [-0.3, -0.25) is 0 Å². The molecule has 0 aliphatic rings. The van der Waals surface area contributed by atoms with Crippen molar-refractivity contribution in [2.45, 2.75) is 37.6 Å². The van der Waals surface area contributed by atoms with Crippen LogP contribution in [0.4, 0.5) is 0 Å². The van der Waals surface area contributed by atoms with Crippen molar-refractivity contribution in [3.05, 3.63) is 15.8 Å². The van der Waals surface area contributed by atoms with Crippen molar-refractivity contribution in [3.63, 3.8) is 0 Å². The molecule has 0 aliphatic heterocycles. The van der Waals surface area contributed by atoms with Gasteiger partial charge in [0, 0.05) is 4.88 Å². The highest BCUT2D eigenvalue weighted by Crippen LogP contribution is 2.25. The SMILES string of the molecule is C#CC(CCC)NS(=O)(=O)c1cc(C(=O)O)sc1C. The van der Waals surface area contributed by atoms with Gasteiger partial charge in [-0.15, -0.1) is 17.8 Å². The second-order valence-corrected chi connectivity index (χ2v) is 6.90. The van der Waals surface area contributed by atoms with Gasteiger partial charge in [-0.1, -0.05) is 19.3 Å². The number of sulfonamides is 1. The molecule has 0 saturated heterocycles. The topological polar surface area (TPSA) is 83.5 Å². The molecule has 104 valence electrons. The third-order valence-corrected chi connectivity index (χ3v) is 5.21. The highest BCUT2D eigenvalue weighted by molar-refractivity contribution is 7.89. The van der Waals surface area contributed by atoms with E-state index < -0.39 is 22.0 Å². The van der Waals surface area contributed by atoms with Crippen LogP contribution in [0.3, 0.4) is 0 Å². The fraction of sp³-hybridized carbons (Fsp3) is 0.417. The molecule has 7 heteroatoms. The number of nitrogens with one attached hydrogen (secondary N) is 1. The van der Waals surface area contributed by atoms with Gasteiger partial charge in [0.1, 0.15) is 4.88 Å². The Morgan fingerprint density at radius 3 is 2.68 bits per heavy atom. The summed E-state index contributed by atoms with van der Waals surface area (Å²) in [4.78, 5) is 11.2. The van der Waals surface area contributed by atoms with Crippen molar-refractivity contribution in [2.24, 2.45) is 0 Å². The van der Waals surface area contributed by atoms with Crippen molar-refractivity contribution in [3.8, 4) is 12.3 Å². The first-order valence-corrected chi connectivity index (χ1v) is 7.94. The molecule has 5 nitrogen and oxygen atoms in total. The van der Waals surface area contributed by atoms with Gasteiger partial charge < -0.3 is 5.11 Å². The van der Waals surface area contributed by atoms with Crippen LogP contribution >= 0.6 is 11.3 Å². The molecule has 1 unspecified atom stereocenters. The largest absolute Gasteiger partial charge is 0.477 e. The summed E-state index contributed by atoms with van der Waals surface area (Å²) in [6.45, 7) is 3.47. The molecule has 0 aromatic carbocycles. The zero-order valence-electron chi connectivity index (χ0n) is 10.6. The van der Waals surface area contributed by atoms with Gasteiger partial charge in [0.25, 0.3) is 0 Å². The van der Waals surface area contributed by atoms with E-state index in [1.807, 2.05) is 6.92 Å². The number of rotatable bonds is 6. The maximum atomic E-state index is 12.1. The summed E-state index contributed by atoms with van der Waals surface area (Å²) < 4.78 is 26.7. The lowest BCUT2D eigenvalue weighted by Crippen LogP contribution is -2.33. The maximum absolute atomic E-state index is 12.1. The van der Waals surface area contributed by atoms with E-state index in [9.17, 15) is 13.2 Å². The Hall–Kier alpha value is -1.36. The standard InChI is InChI=1S/C12H15NO4S2/c1-4-6-9(5-2)13-19(16,17)11-7-10(12(14)15)18-8(11)3/h2,7,9,13H,4,6H2,1,3H3,(H,14,15). The minimum Gasteiger partial charge on any atom is -0.477 e. The first-order valence-electron chi connectivity index (χ1n) is 5.64. The van der Waals surface area contributed by atoms with E-state index in [0.29, 0.717) is 11.3 Å². The molecule has 0 spiro atoms. The molecule has 1 rings (SSSR count). The summed E-state index contributed by atoms with van der Waals surface area (Å²) >= 11 is 0.927. The Balaban J connectivity index is 3.07. The molecule has 1 aromatic rings. The van der Waals surface area contributed by atoms with Gasteiger partial charge in [-0.25, -0.2) is 13.2 Å². The van der Waals surface area contributed by atoms with Gasteiger partial charge in [0.2, 0.25) is 10.0 Å². The van der Waals surface area contributed by atoms with Gasteiger partial charge in [0.15, 0.2) is 0 Å². The molecule has 0 saturated carbocycles. The zero-order valence-corrected chi connectivity index (χ0v) is 12.3. The number of terminal acetylenes is 1. The Morgan fingerprint density at radius 1 is 1.63 bits per heavy atom. The molecule has 1 heterocycles. The minimum absolute atomic E-state index is 0.00868. The normalized spacial score (nSPS) is 12.9. The minimum atomic E-state index is -3.78. The van der Waals surface area contributed by atoms with Gasteiger partial charge >= 0.3 is 5.97 Å². The second kappa shape index (κ2) is 6.19. The Kier molecular flexibility index (Phi) is 5.11. The zero-order chi connectivity index (χ0) is 14.6. The maximum Gasteiger partial charge on any atom is 0.345 e.